The maximum atomic E-state index is 13.9. The van der Waals surface area contributed by atoms with Gasteiger partial charge in [-0.2, -0.15) is 0 Å². The fraction of sp³-hybridized carbons (Fsp3) is 0.222. The molecule has 4 rings (SSSR count). The summed E-state index contributed by atoms with van der Waals surface area (Å²) < 4.78 is 16.3. The van der Waals surface area contributed by atoms with Gasteiger partial charge in [0.2, 0.25) is 5.91 Å². The summed E-state index contributed by atoms with van der Waals surface area (Å²) in [5.74, 6) is -1.06. The number of hydrogen-bond donors (Lipinski definition) is 1. The number of halogens is 1. The molecule has 0 fully saturated rings. The summed E-state index contributed by atoms with van der Waals surface area (Å²) in [6, 6.07) is 4.51. The second-order valence-electron chi connectivity index (χ2n) is 6.37. The minimum Gasteiger partial charge on any atom is -0.322 e. The molecule has 0 aliphatic rings. The zero-order chi connectivity index (χ0) is 19.3. The van der Waals surface area contributed by atoms with Gasteiger partial charge in [0.1, 0.15) is 23.5 Å². The van der Waals surface area contributed by atoms with Crippen molar-refractivity contribution >= 4 is 38.8 Å². The summed E-state index contributed by atoms with van der Waals surface area (Å²) in [4.78, 5) is 31.0. The number of nitrogens with zero attached hydrogens (tertiary/aromatic N) is 4. The molecular weight excluding hydrogens is 369 g/mol. The van der Waals surface area contributed by atoms with E-state index in [2.05, 4.69) is 15.4 Å². The number of fused-ring (bicyclic) bond motifs is 3. The molecule has 9 heteroatoms. The highest BCUT2D eigenvalue weighted by atomic mass is 32.1. The quantitative estimate of drug-likeness (QED) is 0.588. The summed E-state index contributed by atoms with van der Waals surface area (Å²) in [5, 5.41) is 7.59. The first-order valence-corrected chi connectivity index (χ1v) is 9.06. The van der Waals surface area contributed by atoms with Crippen molar-refractivity contribution < 1.29 is 9.18 Å². The van der Waals surface area contributed by atoms with E-state index >= 15 is 0 Å². The largest absolute Gasteiger partial charge is 0.352 e. The minimum atomic E-state index is -0.536. The molecule has 0 aliphatic carbocycles. The predicted octanol–water partition coefficient (Wildman–Crippen LogP) is 2.81. The van der Waals surface area contributed by atoms with Gasteiger partial charge < -0.3 is 5.32 Å². The molecule has 0 radical (unpaired) electrons. The Morgan fingerprint density at radius 3 is 2.81 bits per heavy atom. The van der Waals surface area contributed by atoms with Crippen molar-refractivity contribution in [3.63, 3.8) is 0 Å². The lowest BCUT2D eigenvalue weighted by atomic mass is 10.2. The molecule has 27 heavy (non-hydrogen) atoms. The number of anilines is 1. The fourth-order valence-electron chi connectivity index (χ4n) is 2.92. The maximum absolute atomic E-state index is 13.9. The molecule has 0 unspecified atom stereocenters. The summed E-state index contributed by atoms with van der Waals surface area (Å²) >= 11 is 1.53. The molecule has 4 aromatic rings. The number of aromatic nitrogens is 4. The van der Waals surface area contributed by atoms with Crippen LogP contribution in [0.1, 0.15) is 16.0 Å². The molecule has 7 nitrogen and oxygen atoms in total. The lowest BCUT2D eigenvalue weighted by Gasteiger charge is -2.06. The van der Waals surface area contributed by atoms with Gasteiger partial charge in [-0.1, -0.05) is 6.07 Å². The van der Waals surface area contributed by atoms with Crippen LogP contribution in [0.15, 0.2) is 29.3 Å². The zero-order valence-electron chi connectivity index (χ0n) is 14.9. The van der Waals surface area contributed by atoms with Crippen molar-refractivity contribution in [1.82, 2.24) is 19.2 Å². The predicted molar refractivity (Wildman–Crippen MR) is 102 cm³/mol. The van der Waals surface area contributed by atoms with Crippen LogP contribution in [-0.2, 0) is 11.3 Å². The van der Waals surface area contributed by atoms with Gasteiger partial charge in [0, 0.05) is 4.88 Å². The highest BCUT2D eigenvalue weighted by Gasteiger charge is 2.17. The number of amides is 1. The monoisotopic (exact) mass is 385 g/mol. The second kappa shape index (κ2) is 6.27. The Balaban J connectivity index is 1.69. The smallest absolute Gasteiger partial charge is 0.322 e. The Hall–Kier alpha value is -3.07. The van der Waals surface area contributed by atoms with Crippen LogP contribution >= 0.6 is 11.3 Å². The fourth-order valence-corrected chi connectivity index (χ4v) is 3.91. The van der Waals surface area contributed by atoms with Crippen molar-refractivity contribution in [1.29, 1.82) is 0 Å². The summed E-state index contributed by atoms with van der Waals surface area (Å²) in [7, 11) is 0. The summed E-state index contributed by atoms with van der Waals surface area (Å²) in [6.07, 6.45) is 1.41. The summed E-state index contributed by atoms with van der Waals surface area (Å²) in [6.45, 7) is 5.37. The van der Waals surface area contributed by atoms with Crippen LogP contribution in [0.4, 0.5) is 10.1 Å². The van der Waals surface area contributed by atoms with E-state index in [1.807, 2.05) is 13.8 Å². The number of carbonyl (C=O) groups is 1. The van der Waals surface area contributed by atoms with Crippen LogP contribution < -0.4 is 11.0 Å². The molecule has 138 valence electrons. The number of rotatable bonds is 3. The maximum Gasteiger partial charge on any atom is 0.352 e. The van der Waals surface area contributed by atoms with E-state index in [0.717, 1.165) is 30.9 Å². The Morgan fingerprint density at radius 1 is 1.30 bits per heavy atom. The van der Waals surface area contributed by atoms with E-state index in [4.69, 9.17) is 0 Å². The number of aryl methyl sites for hydroxylation is 3. The van der Waals surface area contributed by atoms with Crippen molar-refractivity contribution in [2.24, 2.45) is 0 Å². The van der Waals surface area contributed by atoms with E-state index in [-0.39, 0.29) is 12.2 Å². The molecule has 0 saturated heterocycles. The summed E-state index contributed by atoms with van der Waals surface area (Å²) in [5.41, 5.74) is 1.82. The zero-order valence-corrected chi connectivity index (χ0v) is 15.7. The first kappa shape index (κ1) is 17.3. The molecule has 1 N–H and O–H groups in total. The van der Waals surface area contributed by atoms with Crippen LogP contribution in [-0.4, -0.2) is 25.1 Å². The standard InChI is InChI=1S/C18H16FN5O2S/c1-9-4-5-13(12(19)6-9)21-14(25)7-24-18(26)23-8-20-17-15(16(23)22-24)10(2)11(3)27-17/h4-6,8H,7H2,1-3H3,(H,21,25). The van der Waals surface area contributed by atoms with Gasteiger partial charge in [-0.05, 0) is 44.0 Å². The third kappa shape index (κ3) is 2.89. The molecule has 3 aromatic heterocycles. The molecule has 0 bridgehead atoms. The van der Waals surface area contributed by atoms with E-state index in [9.17, 15) is 14.0 Å². The van der Waals surface area contributed by atoms with Crippen molar-refractivity contribution in [2.75, 3.05) is 5.32 Å². The molecule has 3 heterocycles. The first-order valence-electron chi connectivity index (χ1n) is 8.25. The van der Waals surface area contributed by atoms with Gasteiger partial charge in [0.25, 0.3) is 0 Å². The second-order valence-corrected chi connectivity index (χ2v) is 7.58. The van der Waals surface area contributed by atoms with Crippen LogP contribution in [0.2, 0.25) is 0 Å². The Morgan fingerprint density at radius 2 is 2.07 bits per heavy atom. The highest BCUT2D eigenvalue weighted by molar-refractivity contribution is 7.18. The van der Waals surface area contributed by atoms with E-state index < -0.39 is 17.4 Å². The first-order chi connectivity index (χ1) is 12.8. The van der Waals surface area contributed by atoms with Crippen LogP contribution in [0.5, 0.6) is 0 Å². The molecule has 0 aliphatic heterocycles. The molecule has 0 saturated carbocycles. The number of carbonyl (C=O) groups excluding carboxylic acids is 1. The van der Waals surface area contributed by atoms with E-state index in [1.165, 1.54) is 34.2 Å². The number of thiophene rings is 1. The normalized spacial score (nSPS) is 11.4. The van der Waals surface area contributed by atoms with Gasteiger partial charge >= 0.3 is 5.69 Å². The van der Waals surface area contributed by atoms with Crippen LogP contribution in [0.3, 0.4) is 0 Å². The van der Waals surface area contributed by atoms with Crippen molar-refractivity contribution in [3.05, 3.63) is 56.8 Å². The van der Waals surface area contributed by atoms with Crippen LogP contribution in [0, 0.1) is 26.6 Å². The Bertz CT molecular complexity index is 1270. The molecule has 1 aromatic carbocycles. The van der Waals surface area contributed by atoms with E-state index in [0.29, 0.717) is 5.65 Å². The SMILES string of the molecule is Cc1ccc(NC(=O)Cn2nc3c4c(C)c(C)sc4ncn3c2=O)c(F)c1. The van der Waals surface area contributed by atoms with Crippen LogP contribution in [0.25, 0.3) is 15.9 Å². The number of nitrogens with one attached hydrogen (secondary N) is 1. The van der Waals surface area contributed by atoms with Gasteiger partial charge in [0.05, 0.1) is 11.1 Å². The molecular formula is C18H16FN5O2S. The Labute approximate surface area is 157 Å². The Kier molecular flexibility index (Phi) is 4.03. The molecule has 1 amide bonds. The van der Waals surface area contributed by atoms with Crippen molar-refractivity contribution in [3.8, 4) is 0 Å². The topological polar surface area (TPSA) is 81.3 Å². The van der Waals surface area contributed by atoms with Gasteiger partial charge in [-0.25, -0.2) is 23.3 Å². The van der Waals surface area contributed by atoms with Gasteiger partial charge in [-0.15, -0.1) is 16.4 Å². The molecule has 0 spiro atoms. The van der Waals surface area contributed by atoms with E-state index in [1.54, 1.807) is 13.0 Å². The van der Waals surface area contributed by atoms with Gasteiger partial charge in [-0.3, -0.25) is 4.79 Å². The number of benzene rings is 1. The number of hydrogen-bond acceptors (Lipinski definition) is 5. The lowest BCUT2D eigenvalue weighted by Crippen LogP contribution is -2.28. The lowest BCUT2D eigenvalue weighted by molar-refractivity contribution is -0.117. The highest BCUT2D eigenvalue weighted by Crippen LogP contribution is 2.30. The van der Waals surface area contributed by atoms with Crippen molar-refractivity contribution in [2.45, 2.75) is 27.3 Å². The average molecular weight is 385 g/mol. The average Bonchev–Trinajstić information content (AvgIpc) is 3.08. The minimum absolute atomic E-state index is 0.0655. The third-order valence-corrected chi connectivity index (χ3v) is 5.56. The van der Waals surface area contributed by atoms with Gasteiger partial charge in [0.15, 0.2) is 5.65 Å². The molecule has 0 atom stereocenters. The third-order valence-electron chi connectivity index (χ3n) is 4.44.